The molecule has 0 atom stereocenters. The maximum Gasteiger partial charge on any atom is 0.269 e. The van der Waals surface area contributed by atoms with Crippen molar-refractivity contribution in [3.63, 3.8) is 0 Å². The minimum atomic E-state index is -0.482. The molecule has 0 amide bonds. The van der Waals surface area contributed by atoms with Crippen LogP contribution in [-0.4, -0.2) is 28.7 Å². The van der Waals surface area contributed by atoms with Crippen molar-refractivity contribution in [2.45, 2.75) is 19.4 Å². The topological polar surface area (TPSA) is 63.5 Å². The van der Waals surface area contributed by atoms with Crippen molar-refractivity contribution in [3.8, 4) is 0 Å². The Morgan fingerprint density at radius 2 is 1.74 bits per heavy atom. The van der Waals surface area contributed by atoms with E-state index in [1.54, 1.807) is 6.08 Å². The lowest BCUT2D eigenvalue weighted by atomic mass is 9.95. The number of ketones is 1. The fourth-order valence-corrected chi connectivity index (χ4v) is 3.22. The number of halogens is 1. The van der Waals surface area contributed by atoms with Gasteiger partial charge < -0.3 is 0 Å². The quantitative estimate of drug-likeness (QED) is 0.328. The second-order valence-electron chi connectivity index (χ2n) is 6.77. The SMILES string of the molecule is O=C(C=CC1CCN(Cc2ccc(F)cc2)CC1)c1ccc([N+](=O)[O-])cc1. The number of hydrogen-bond donors (Lipinski definition) is 0. The molecule has 2 aromatic carbocycles. The average molecular weight is 368 g/mol. The van der Waals surface area contributed by atoms with Crippen LogP contribution < -0.4 is 0 Å². The van der Waals surface area contributed by atoms with Gasteiger partial charge in [-0.2, -0.15) is 0 Å². The van der Waals surface area contributed by atoms with Gasteiger partial charge in [0.2, 0.25) is 0 Å². The van der Waals surface area contributed by atoms with Crippen LogP contribution in [0.3, 0.4) is 0 Å². The Morgan fingerprint density at radius 1 is 1.11 bits per heavy atom. The molecule has 1 fully saturated rings. The molecule has 1 aliphatic heterocycles. The third-order valence-electron chi connectivity index (χ3n) is 4.83. The van der Waals surface area contributed by atoms with Crippen molar-refractivity contribution in [3.05, 3.63) is 87.7 Å². The van der Waals surface area contributed by atoms with E-state index in [2.05, 4.69) is 4.90 Å². The van der Waals surface area contributed by atoms with Crippen molar-refractivity contribution >= 4 is 11.5 Å². The van der Waals surface area contributed by atoms with Crippen LogP contribution in [0.1, 0.15) is 28.8 Å². The van der Waals surface area contributed by atoms with Crippen molar-refractivity contribution in [1.82, 2.24) is 4.90 Å². The van der Waals surface area contributed by atoms with E-state index in [0.29, 0.717) is 11.5 Å². The second kappa shape index (κ2) is 8.68. The number of carbonyl (C=O) groups is 1. The Labute approximate surface area is 157 Å². The fourth-order valence-electron chi connectivity index (χ4n) is 3.22. The first-order valence-corrected chi connectivity index (χ1v) is 8.95. The summed E-state index contributed by atoms with van der Waals surface area (Å²) in [5.74, 6) is -0.0182. The normalized spacial score (nSPS) is 15.9. The number of non-ortho nitro benzene ring substituents is 1. The first-order valence-electron chi connectivity index (χ1n) is 8.95. The van der Waals surface area contributed by atoms with E-state index in [0.717, 1.165) is 38.0 Å². The van der Waals surface area contributed by atoms with Gasteiger partial charge in [0.05, 0.1) is 4.92 Å². The highest BCUT2D eigenvalue weighted by atomic mass is 19.1. The number of carbonyl (C=O) groups excluding carboxylic acids is 1. The van der Waals surface area contributed by atoms with Gasteiger partial charge >= 0.3 is 0 Å². The van der Waals surface area contributed by atoms with Gasteiger partial charge in [0.25, 0.3) is 5.69 Å². The van der Waals surface area contributed by atoms with Crippen molar-refractivity contribution < 1.29 is 14.1 Å². The van der Waals surface area contributed by atoms with Crippen LogP contribution in [0.15, 0.2) is 60.7 Å². The van der Waals surface area contributed by atoms with Gasteiger partial charge in [-0.3, -0.25) is 19.8 Å². The molecule has 0 N–H and O–H groups in total. The van der Waals surface area contributed by atoms with Gasteiger partial charge in [-0.25, -0.2) is 4.39 Å². The van der Waals surface area contributed by atoms with E-state index in [1.807, 2.05) is 18.2 Å². The molecule has 0 unspecified atom stereocenters. The number of nitrogens with zero attached hydrogens (tertiary/aromatic N) is 2. The minimum Gasteiger partial charge on any atom is -0.299 e. The van der Waals surface area contributed by atoms with E-state index < -0.39 is 4.92 Å². The maximum atomic E-state index is 13.0. The predicted octanol–water partition coefficient (Wildman–Crippen LogP) is 4.39. The van der Waals surface area contributed by atoms with Crippen LogP contribution in [0.25, 0.3) is 0 Å². The standard InChI is InChI=1S/C21H21FN2O3/c22-19-6-1-17(2-7-19)15-23-13-11-16(12-14-23)3-10-21(25)18-4-8-20(9-5-18)24(26)27/h1-10,16H,11-15H2. The molecule has 0 aliphatic carbocycles. The molecule has 140 valence electrons. The van der Waals surface area contributed by atoms with E-state index in [4.69, 9.17) is 0 Å². The monoisotopic (exact) mass is 368 g/mol. The third kappa shape index (κ3) is 5.31. The van der Waals surface area contributed by atoms with Gasteiger partial charge in [0, 0.05) is 24.2 Å². The molecule has 3 rings (SSSR count). The molecule has 2 aromatic rings. The second-order valence-corrected chi connectivity index (χ2v) is 6.77. The number of benzene rings is 2. The summed E-state index contributed by atoms with van der Waals surface area (Å²) in [6.45, 7) is 2.66. The molecule has 1 aliphatic rings. The van der Waals surface area contributed by atoms with Gasteiger partial charge in [-0.05, 0) is 67.8 Å². The first kappa shape index (κ1) is 18.9. The molecular weight excluding hydrogens is 347 g/mol. The van der Waals surface area contributed by atoms with Crippen LogP contribution in [0.5, 0.6) is 0 Å². The fraction of sp³-hybridized carbons (Fsp3) is 0.286. The lowest BCUT2D eigenvalue weighted by molar-refractivity contribution is -0.384. The number of piperidine rings is 1. The Balaban J connectivity index is 1.48. The van der Waals surface area contributed by atoms with Crippen molar-refractivity contribution in [2.24, 2.45) is 5.92 Å². The summed E-state index contributed by atoms with van der Waals surface area (Å²) in [5, 5.41) is 10.7. The molecule has 0 bridgehead atoms. The summed E-state index contributed by atoms with van der Waals surface area (Å²) in [5.41, 5.74) is 1.52. The summed E-state index contributed by atoms with van der Waals surface area (Å²) in [6, 6.07) is 12.2. The average Bonchev–Trinajstić information content (AvgIpc) is 2.69. The largest absolute Gasteiger partial charge is 0.299 e. The van der Waals surface area contributed by atoms with Crippen LogP contribution in [0.4, 0.5) is 10.1 Å². The maximum absolute atomic E-state index is 13.0. The van der Waals surface area contributed by atoms with E-state index >= 15 is 0 Å². The van der Waals surface area contributed by atoms with E-state index in [-0.39, 0.29) is 17.3 Å². The van der Waals surface area contributed by atoms with Crippen LogP contribution in [0, 0.1) is 21.8 Å². The smallest absolute Gasteiger partial charge is 0.269 e. The molecule has 0 aromatic heterocycles. The summed E-state index contributed by atoms with van der Waals surface area (Å²) in [6.07, 6.45) is 5.44. The number of rotatable bonds is 6. The lowest BCUT2D eigenvalue weighted by Crippen LogP contribution is -2.32. The van der Waals surface area contributed by atoms with Crippen LogP contribution >= 0.6 is 0 Å². The molecular formula is C21H21FN2O3. The summed E-state index contributed by atoms with van der Waals surface area (Å²) in [7, 11) is 0. The number of hydrogen-bond acceptors (Lipinski definition) is 4. The van der Waals surface area contributed by atoms with Crippen LogP contribution in [0.2, 0.25) is 0 Å². The lowest BCUT2D eigenvalue weighted by Gasteiger charge is -2.30. The van der Waals surface area contributed by atoms with Crippen molar-refractivity contribution in [1.29, 1.82) is 0 Å². The first-order chi connectivity index (χ1) is 13.0. The van der Waals surface area contributed by atoms with Crippen LogP contribution in [-0.2, 0) is 6.54 Å². The van der Waals surface area contributed by atoms with Crippen molar-refractivity contribution in [2.75, 3.05) is 13.1 Å². The summed E-state index contributed by atoms with van der Waals surface area (Å²) in [4.78, 5) is 24.7. The third-order valence-corrected chi connectivity index (χ3v) is 4.83. The molecule has 6 heteroatoms. The molecule has 0 spiro atoms. The number of likely N-dealkylation sites (tertiary alicyclic amines) is 1. The zero-order valence-corrected chi connectivity index (χ0v) is 14.9. The Hall–Kier alpha value is -2.86. The zero-order valence-electron chi connectivity index (χ0n) is 14.9. The minimum absolute atomic E-state index is 0.0240. The molecule has 27 heavy (non-hydrogen) atoms. The molecule has 0 radical (unpaired) electrons. The Bertz CT molecular complexity index is 824. The number of nitro groups is 1. The van der Waals surface area contributed by atoms with Gasteiger partial charge in [-0.15, -0.1) is 0 Å². The molecule has 0 saturated carbocycles. The van der Waals surface area contributed by atoms with E-state index in [9.17, 15) is 19.3 Å². The Kier molecular flexibility index (Phi) is 6.08. The Morgan fingerprint density at radius 3 is 2.33 bits per heavy atom. The molecule has 5 nitrogen and oxygen atoms in total. The van der Waals surface area contributed by atoms with Gasteiger partial charge in [-0.1, -0.05) is 18.2 Å². The summed E-state index contributed by atoms with van der Waals surface area (Å²) < 4.78 is 13.0. The molecule has 1 heterocycles. The zero-order chi connectivity index (χ0) is 19.2. The predicted molar refractivity (Wildman–Crippen MR) is 101 cm³/mol. The number of nitro benzene ring substituents is 1. The molecule has 1 saturated heterocycles. The highest BCUT2D eigenvalue weighted by Crippen LogP contribution is 2.21. The van der Waals surface area contributed by atoms with Gasteiger partial charge in [0.15, 0.2) is 5.78 Å². The number of allylic oxidation sites excluding steroid dienone is 2. The van der Waals surface area contributed by atoms with E-state index in [1.165, 1.54) is 36.4 Å². The summed E-state index contributed by atoms with van der Waals surface area (Å²) >= 11 is 0. The highest BCUT2D eigenvalue weighted by Gasteiger charge is 2.17. The van der Waals surface area contributed by atoms with Gasteiger partial charge in [0.1, 0.15) is 5.82 Å². The highest BCUT2D eigenvalue weighted by molar-refractivity contribution is 6.04.